The van der Waals surface area contributed by atoms with Crippen molar-refractivity contribution in [2.24, 2.45) is 0 Å². The minimum Gasteiger partial charge on any atom is -0.324 e. The molecular weight excluding hydrogens is 439 g/mol. The van der Waals surface area contributed by atoms with Crippen LogP contribution >= 0.6 is 23.2 Å². The molecule has 0 aromatic heterocycles. The second-order valence-electron chi connectivity index (χ2n) is 6.61. The van der Waals surface area contributed by atoms with E-state index in [2.05, 4.69) is 5.32 Å². The zero-order valence-corrected chi connectivity index (χ0v) is 17.5. The van der Waals surface area contributed by atoms with Gasteiger partial charge >= 0.3 is 0 Å². The number of nitrogens with one attached hydrogen (secondary N) is 1. The summed E-state index contributed by atoms with van der Waals surface area (Å²) in [5.41, 5.74) is 0.592. The first-order valence-corrected chi connectivity index (χ1v) is 11.3. The monoisotopic (exact) mass is 454 g/mol. The summed E-state index contributed by atoms with van der Waals surface area (Å²) in [5, 5.41) is 3.11. The molecule has 1 aliphatic heterocycles. The number of nitrogens with zero attached hydrogens (tertiary/aromatic N) is 1. The minimum atomic E-state index is -3.44. The number of amides is 3. The van der Waals surface area contributed by atoms with E-state index in [-0.39, 0.29) is 39.0 Å². The highest BCUT2D eigenvalue weighted by molar-refractivity contribution is 7.90. The fourth-order valence-electron chi connectivity index (χ4n) is 3.05. The third-order valence-corrected chi connectivity index (χ3v) is 5.75. The number of anilines is 1. The molecule has 0 aliphatic carbocycles. The highest BCUT2D eigenvalue weighted by Crippen LogP contribution is 2.27. The van der Waals surface area contributed by atoms with Crippen LogP contribution < -0.4 is 5.32 Å². The third kappa shape index (κ3) is 4.77. The quantitative estimate of drug-likeness (QED) is 0.675. The third-order valence-electron chi connectivity index (χ3n) is 4.33. The summed E-state index contributed by atoms with van der Waals surface area (Å²) in [5.74, 6) is -2.40. The average Bonchev–Trinajstić information content (AvgIpc) is 2.86. The molecule has 29 heavy (non-hydrogen) atoms. The van der Waals surface area contributed by atoms with Crippen LogP contribution in [0.2, 0.25) is 10.0 Å². The predicted octanol–water partition coefficient (Wildman–Crippen LogP) is 3.03. The molecule has 0 bridgehead atoms. The van der Waals surface area contributed by atoms with Gasteiger partial charge in [-0.25, -0.2) is 8.42 Å². The van der Waals surface area contributed by atoms with Gasteiger partial charge in [0.25, 0.3) is 11.8 Å². The lowest BCUT2D eigenvalue weighted by atomic mass is 10.1. The topological polar surface area (TPSA) is 101 Å². The number of carbonyl (C=O) groups excluding carboxylic acids is 3. The Morgan fingerprint density at radius 1 is 1.03 bits per heavy atom. The van der Waals surface area contributed by atoms with Gasteiger partial charge in [-0.05, 0) is 36.8 Å². The Kier molecular flexibility index (Phi) is 5.97. The van der Waals surface area contributed by atoms with Crippen molar-refractivity contribution in [3.63, 3.8) is 0 Å². The molecule has 2 aromatic carbocycles. The van der Waals surface area contributed by atoms with E-state index in [0.29, 0.717) is 0 Å². The maximum absolute atomic E-state index is 12.9. The van der Waals surface area contributed by atoms with Crippen molar-refractivity contribution in [3.8, 4) is 0 Å². The second kappa shape index (κ2) is 8.14. The molecule has 0 fully saturated rings. The number of sulfone groups is 1. The summed E-state index contributed by atoms with van der Waals surface area (Å²) in [7, 11) is -3.44. The molecule has 0 radical (unpaired) electrons. The lowest BCUT2D eigenvalue weighted by Crippen LogP contribution is -2.48. The van der Waals surface area contributed by atoms with Crippen molar-refractivity contribution in [3.05, 3.63) is 63.6 Å². The van der Waals surface area contributed by atoms with E-state index in [4.69, 9.17) is 23.2 Å². The lowest BCUT2D eigenvalue weighted by Gasteiger charge is -2.25. The van der Waals surface area contributed by atoms with Crippen LogP contribution in [0.15, 0.2) is 42.5 Å². The molecule has 10 heteroatoms. The Balaban J connectivity index is 1.93. The van der Waals surface area contributed by atoms with Crippen molar-refractivity contribution in [1.82, 2.24) is 4.90 Å². The fraction of sp³-hybridized carbons (Fsp3) is 0.211. The highest BCUT2D eigenvalue weighted by atomic mass is 35.5. The highest BCUT2D eigenvalue weighted by Gasteiger charge is 2.42. The SMILES string of the molecule is CS(=O)(=O)CC[C@@H](C(=O)Nc1cc(Cl)cc(Cl)c1)N1C(=O)c2ccccc2C1=O. The van der Waals surface area contributed by atoms with Crippen molar-refractivity contribution >= 4 is 56.4 Å². The van der Waals surface area contributed by atoms with Crippen LogP contribution in [0.1, 0.15) is 27.1 Å². The van der Waals surface area contributed by atoms with Gasteiger partial charge < -0.3 is 5.32 Å². The molecule has 1 heterocycles. The number of fused-ring (bicyclic) bond motifs is 1. The molecular formula is C19H16Cl2N2O5S. The molecule has 0 unspecified atom stereocenters. The van der Waals surface area contributed by atoms with Gasteiger partial charge in [-0.3, -0.25) is 19.3 Å². The van der Waals surface area contributed by atoms with E-state index < -0.39 is 33.6 Å². The van der Waals surface area contributed by atoms with Crippen molar-refractivity contribution in [2.75, 3.05) is 17.3 Å². The number of carbonyl (C=O) groups is 3. The molecule has 0 saturated carbocycles. The molecule has 1 N–H and O–H groups in total. The average molecular weight is 455 g/mol. The van der Waals surface area contributed by atoms with Crippen molar-refractivity contribution in [2.45, 2.75) is 12.5 Å². The van der Waals surface area contributed by atoms with Crippen LogP contribution in [0.25, 0.3) is 0 Å². The Labute approximate surface area is 177 Å². The van der Waals surface area contributed by atoms with Crippen LogP contribution in [0.5, 0.6) is 0 Å². The summed E-state index contributed by atoms with van der Waals surface area (Å²) in [6.45, 7) is 0. The number of rotatable bonds is 6. The Morgan fingerprint density at radius 2 is 1.55 bits per heavy atom. The van der Waals surface area contributed by atoms with E-state index in [9.17, 15) is 22.8 Å². The summed E-state index contributed by atoms with van der Waals surface area (Å²) < 4.78 is 23.3. The van der Waals surface area contributed by atoms with Crippen molar-refractivity contribution < 1.29 is 22.8 Å². The number of imide groups is 1. The van der Waals surface area contributed by atoms with E-state index >= 15 is 0 Å². The van der Waals surface area contributed by atoms with Crippen LogP contribution in [0.4, 0.5) is 5.69 Å². The first kappa shape index (κ1) is 21.3. The molecule has 152 valence electrons. The van der Waals surface area contributed by atoms with Gasteiger partial charge in [0.15, 0.2) is 0 Å². The van der Waals surface area contributed by atoms with Gasteiger partial charge in [-0.15, -0.1) is 0 Å². The summed E-state index contributed by atoms with van der Waals surface area (Å²) in [4.78, 5) is 39.3. The standard InChI is InChI=1S/C19H16Cl2N2O5S/c1-29(27,28)7-6-16(17(24)22-13-9-11(20)8-12(21)10-13)23-18(25)14-4-2-3-5-15(14)19(23)26/h2-5,8-10,16H,6-7H2,1H3,(H,22,24)/t16-/m0/s1. The number of hydrogen-bond donors (Lipinski definition) is 1. The molecule has 7 nitrogen and oxygen atoms in total. The molecule has 0 spiro atoms. The Bertz CT molecular complexity index is 1060. The van der Waals surface area contributed by atoms with Crippen LogP contribution in [0.3, 0.4) is 0 Å². The second-order valence-corrected chi connectivity index (χ2v) is 9.74. The minimum absolute atomic E-state index is 0.167. The largest absolute Gasteiger partial charge is 0.324 e. The zero-order chi connectivity index (χ0) is 21.3. The van der Waals surface area contributed by atoms with Gasteiger partial charge in [-0.1, -0.05) is 35.3 Å². The van der Waals surface area contributed by atoms with Crippen molar-refractivity contribution in [1.29, 1.82) is 0 Å². The number of hydrogen-bond acceptors (Lipinski definition) is 5. The van der Waals surface area contributed by atoms with Gasteiger partial charge in [0.2, 0.25) is 5.91 Å². The lowest BCUT2D eigenvalue weighted by molar-refractivity contribution is -0.120. The van der Waals surface area contributed by atoms with E-state index in [1.165, 1.54) is 30.3 Å². The molecule has 0 saturated heterocycles. The molecule has 1 atom stereocenters. The van der Waals surface area contributed by atoms with Gasteiger partial charge in [-0.2, -0.15) is 0 Å². The van der Waals surface area contributed by atoms with E-state index in [1.807, 2.05) is 0 Å². The van der Waals surface area contributed by atoms with Crippen LogP contribution in [0, 0.1) is 0 Å². The molecule has 1 aliphatic rings. The predicted molar refractivity (Wildman–Crippen MR) is 110 cm³/mol. The van der Waals surface area contributed by atoms with E-state index in [0.717, 1.165) is 11.2 Å². The maximum atomic E-state index is 12.9. The summed E-state index contributed by atoms with van der Waals surface area (Å²) in [6, 6.07) is 9.22. The molecule has 2 aromatic rings. The van der Waals surface area contributed by atoms with Gasteiger partial charge in [0.1, 0.15) is 15.9 Å². The van der Waals surface area contributed by atoms with Gasteiger partial charge in [0.05, 0.1) is 16.9 Å². The Hall–Kier alpha value is -2.42. The number of halogens is 2. The molecule has 3 amide bonds. The van der Waals surface area contributed by atoms with E-state index in [1.54, 1.807) is 12.1 Å². The van der Waals surface area contributed by atoms with Gasteiger partial charge in [0, 0.05) is 22.0 Å². The summed E-state index contributed by atoms with van der Waals surface area (Å²) >= 11 is 11.9. The van der Waals surface area contributed by atoms with Crippen LogP contribution in [-0.2, 0) is 14.6 Å². The smallest absolute Gasteiger partial charge is 0.262 e. The normalized spacial score (nSPS) is 14.7. The maximum Gasteiger partial charge on any atom is 0.262 e. The molecule has 3 rings (SSSR count). The Morgan fingerprint density at radius 3 is 2.03 bits per heavy atom. The fourth-order valence-corrected chi connectivity index (χ4v) is 4.22. The zero-order valence-electron chi connectivity index (χ0n) is 15.2. The summed E-state index contributed by atoms with van der Waals surface area (Å²) in [6.07, 6.45) is 0.769. The number of benzene rings is 2. The first-order valence-electron chi connectivity index (χ1n) is 8.48. The van der Waals surface area contributed by atoms with Crippen LogP contribution in [-0.4, -0.2) is 49.1 Å². The first-order chi connectivity index (χ1) is 13.6.